The maximum absolute atomic E-state index is 13.6. The van der Waals surface area contributed by atoms with E-state index >= 15 is 0 Å². The van der Waals surface area contributed by atoms with E-state index in [4.69, 9.17) is 34.8 Å². The van der Waals surface area contributed by atoms with Crippen LogP contribution >= 0.6 is 34.8 Å². The molecule has 1 aromatic carbocycles. The van der Waals surface area contributed by atoms with Crippen molar-refractivity contribution in [1.82, 2.24) is 9.97 Å². The Kier molecular flexibility index (Phi) is 3.28. The van der Waals surface area contributed by atoms with Gasteiger partial charge in [0.1, 0.15) is 12.0 Å². The molecule has 0 unspecified atom stereocenters. The van der Waals surface area contributed by atoms with Crippen LogP contribution in [0, 0.1) is 5.82 Å². The van der Waals surface area contributed by atoms with E-state index in [1.807, 2.05) is 0 Å². The summed E-state index contributed by atoms with van der Waals surface area (Å²) < 4.78 is 13.6. The molecule has 1 heterocycles. The van der Waals surface area contributed by atoms with Gasteiger partial charge in [0.2, 0.25) is 0 Å². The first-order valence-corrected chi connectivity index (χ1v) is 5.34. The van der Waals surface area contributed by atoms with E-state index in [2.05, 4.69) is 9.97 Å². The monoisotopic (exact) mass is 276 g/mol. The number of aromatic nitrogens is 2. The zero-order valence-corrected chi connectivity index (χ0v) is 9.98. The van der Waals surface area contributed by atoms with Gasteiger partial charge < -0.3 is 0 Å². The molecule has 16 heavy (non-hydrogen) atoms. The van der Waals surface area contributed by atoms with Crippen molar-refractivity contribution in [3.05, 3.63) is 45.5 Å². The van der Waals surface area contributed by atoms with Gasteiger partial charge >= 0.3 is 0 Å². The highest BCUT2D eigenvalue weighted by Gasteiger charge is 2.12. The summed E-state index contributed by atoms with van der Waals surface area (Å²) in [6, 6.07) is 4.65. The topological polar surface area (TPSA) is 25.8 Å². The first-order chi connectivity index (χ1) is 7.58. The minimum Gasteiger partial charge on any atom is -0.233 e. The molecule has 0 saturated heterocycles. The molecule has 2 rings (SSSR count). The van der Waals surface area contributed by atoms with Crippen LogP contribution in [0.1, 0.15) is 0 Å². The number of nitrogens with zero attached hydrogens (tertiary/aromatic N) is 2. The quantitative estimate of drug-likeness (QED) is 0.729. The fourth-order valence-corrected chi connectivity index (χ4v) is 1.90. The predicted octanol–water partition coefficient (Wildman–Crippen LogP) is 4.24. The summed E-state index contributed by atoms with van der Waals surface area (Å²) >= 11 is 17.2. The number of hydrogen-bond acceptors (Lipinski definition) is 2. The molecule has 82 valence electrons. The average Bonchev–Trinajstić information content (AvgIpc) is 2.20. The molecular weight excluding hydrogens is 273 g/mol. The maximum atomic E-state index is 13.6. The number of hydrogen-bond donors (Lipinski definition) is 0. The molecule has 0 amide bonds. The van der Waals surface area contributed by atoms with E-state index in [1.165, 1.54) is 6.33 Å². The summed E-state index contributed by atoms with van der Waals surface area (Å²) in [6.07, 6.45) is 1.18. The molecular formula is C10H4Cl3FN2. The number of benzene rings is 1. The van der Waals surface area contributed by atoms with Gasteiger partial charge in [0.25, 0.3) is 0 Å². The summed E-state index contributed by atoms with van der Waals surface area (Å²) in [7, 11) is 0. The fourth-order valence-electron chi connectivity index (χ4n) is 1.24. The number of halogens is 4. The zero-order valence-electron chi connectivity index (χ0n) is 7.72. The Morgan fingerprint density at radius 3 is 2.19 bits per heavy atom. The maximum Gasteiger partial charge on any atom is 0.186 e. The SMILES string of the molecule is Fc1c(Cl)ncnc1-c1cc(Cl)cc(Cl)c1. The lowest BCUT2D eigenvalue weighted by molar-refractivity contribution is 0.618. The van der Waals surface area contributed by atoms with Gasteiger partial charge in [-0.05, 0) is 18.2 Å². The second-order valence-corrected chi connectivity index (χ2v) is 4.22. The lowest BCUT2D eigenvalue weighted by Gasteiger charge is -2.04. The minimum atomic E-state index is -0.692. The fraction of sp³-hybridized carbons (Fsp3) is 0. The highest BCUT2D eigenvalue weighted by molar-refractivity contribution is 6.35. The Hall–Kier alpha value is -0.900. The third kappa shape index (κ3) is 2.26. The van der Waals surface area contributed by atoms with Crippen molar-refractivity contribution in [3.63, 3.8) is 0 Å². The van der Waals surface area contributed by atoms with Crippen LogP contribution in [0.2, 0.25) is 15.2 Å². The molecule has 0 bridgehead atoms. The van der Waals surface area contributed by atoms with E-state index < -0.39 is 5.82 Å². The van der Waals surface area contributed by atoms with Gasteiger partial charge in [-0.1, -0.05) is 34.8 Å². The Morgan fingerprint density at radius 1 is 0.938 bits per heavy atom. The molecule has 1 aromatic heterocycles. The van der Waals surface area contributed by atoms with Crippen molar-refractivity contribution in [2.45, 2.75) is 0 Å². The molecule has 2 nitrogen and oxygen atoms in total. The van der Waals surface area contributed by atoms with Gasteiger partial charge in [-0.15, -0.1) is 0 Å². The summed E-state index contributed by atoms with van der Waals surface area (Å²) in [4.78, 5) is 7.33. The summed E-state index contributed by atoms with van der Waals surface area (Å²) in [5.41, 5.74) is 0.531. The van der Waals surface area contributed by atoms with Crippen LogP contribution in [0.15, 0.2) is 24.5 Å². The molecule has 0 radical (unpaired) electrons. The first kappa shape index (κ1) is 11.6. The van der Waals surface area contributed by atoms with Crippen LogP contribution in [-0.4, -0.2) is 9.97 Å². The molecule has 0 aliphatic carbocycles. The van der Waals surface area contributed by atoms with Crippen molar-refractivity contribution in [3.8, 4) is 11.3 Å². The molecule has 0 spiro atoms. The van der Waals surface area contributed by atoms with Gasteiger partial charge in [-0.2, -0.15) is 0 Å². The van der Waals surface area contributed by atoms with Crippen LogP contribution in [-0.2, 0) is 0 Å². The lowest BCUT2D eigenvalue weighted by Crippen LogP contribution is -1.92. The Bertz CT molecular complexity index is 525. The number of rotatable bonds is 1. The normalized spacial score (nSPS) is 10.5. The van der Waals surface area contributed by atoms with Crippen molar-refractivity contribution < 1.29 is 4.39 Å². The molecule has 0 atom stereocenters. The molecule has 2 aromatic rings. The van der Waals surface area contributed by atoms with Crippen molar-refractivity contribution >= 4 is 34.8 Å². The van der Waals surface area contributed by atoms with E-state index in [-0.39, 0.29) is 10.8 Å². The van der Waals surface area contributed by atoms with Gasteiger partial charge in [0, 0.05) is 15.6 Å². The first-order valence-electron chi connectivity index (χ1n) is 4.20. The standard InChI is InChI=1S/C10H4Cl3FN2/c11-6-1-5(2-7(12)3-6)9-8(14)10(13)16-4-15-9/h1-4H. The lowest BCUT2D eigenvalue weighted by atomic mass is 10.1. The largest absolute Gasteiger partial charge is 0.233 e. The van der Waals surface area contributed by atoms with E-state index in [1.54, 1.807) is 18.2 Å². The summed E-state index contributed by atoms with van der Waals surface area (Å²) in [5.74, 6) is -0.692. The highest BCUT2D eigenvalue weighted by Crippen LogP contribution is 2.29. The smallest absolute Gasteiger partial charge is 0.186 e. The average molecular weight is 278 g/mol. The molecule has 0 saturated carbocycles. The Labute approximate surface area is 106 Å². The zero-order chi connectivity index (χ0) is 11.7. The second kappa shape index (κ2) is 4.53. The van der Waals surface area contributed by atoms with Crippen molar-refractivity contribution in [2.24, 2.45) is 0 Å². The third-order valence-corrected chi connectivity index (χ3v) is 2.58. The van der Waals surface area contributed by atoms with Gasteiger partial charge in [0.15, 0.2) is 11.0 Å². The molecule has 0 aliphatic heterocycles. The highest BCUT2D eigenvalue weighted by atomic mass is 35.5. The second-order valence-electron chi connectivity index (χ2n) is 2.99. The van der Waals surface area contributed by atoms with Gasteiger partial charge in [-0.3, -0.25) is 0 Å². The Morgan fingerprint density at radius 2 is 1.56 bits per heavy atom. The van der Waals surface area contributed by atoms with Crippen LogP contribution < -0.4 is 0 Å². The summed E-state index contributed by atoms with van der Waals surface area (Å²) in [6.45, 7) is 0. The molecule has 0 fully saturated rings. The van der Waals surface area contributed by atoms with Crippen LogP contribution in [0.3, 0.4) is 0 Å². The van der Waals surface area contributed by atoms with E-state index in [9.17, 15) is 4.39 Å². The van der Waals surface area contributed by atoms with Crippen molar-refractivity contribution in [2.75, 3.05) is 0 Å². The van der Waals surface area contributed by atoms with Crippen LogP contribution in [0.4, 0.5) is 4.39 Å². The van der Waals surface area contributed by atoms with E-state index in [0.29, 0.717) is 15.6 Å². The van der Waals surface area contributed by atoms with E-state index in [0.717, 1.165) is 0 Å². The van der Waals surface area contributed by atoms with Crippen LogP contribution in [0.25, 0.3) is 11.3 Å². The molecule has 0 N–H and O–H groups in total. The predicted molar refractivity (Wildman–Crippen MR) is 62.5 cm³/mol. The van der Waals surface area contributed by atoms with Gasteiger partial charge in [0.05, 0.1) is 0 Å². The van der Waals surface area contributed by atoms with Crippen LogP contribution in [0.5, 0.6) is 0 Å². The minimum absolute atomic E-state index is 0.0735. The van der Waals surface area contributed by atoms with Crippen molar-refractivity contribution in [1.29, 1.82) is 0 Å². The Balaban J connectivity index is 2.63. The third-order valence-electron chi connectivity index (χ3n) is 1.88. The molecule has 6 heteroatoms. The van der Waals surface area contributed by atoms with Gasteiger partial charge in [-0.25, -0.2) is 14.4 Å². The molecule has 0 aliphatic rings. The summed E-state index contributed by atoms with van der Waals surface area (Å²) in [5, 5.41) is 0.564.